The Kier molecular flexibility index (Phi) is 4.48. The topological polar surface area (TPSA) is 49.7 Å². The zero-order chi connectivity index (χ0) is 18.3. The van der Waals surface area contributed by atoms with E-state index in [-0.39, 0.29) is 17.2 Å². The van der Waals surface area contributed by atoms with Crippen molar-refractivity contribution in [3.63, 3.8) is 0 Å². The first-order chi connectivity index (χ1) is 12.4. The lowest BCUT2D eigenvalue weighted by molar-refractivity contribution is 0.577. The van der Waals surface area contributed by atoms with Gasteiger partial charge in [0.25, 0.3) is 0 Å². The lowest BCUT2D eigenvalue weighted by atomic mass is 10.1. The van der Waals surface area contributed by atoms with Gasteiger partial charge in [-0.05, 0) is 17.7 Å². The third-order valence-corrected chi connectivity index (χ3v) is 7.22. The van der Waals surface area contributed by atoms with Crippen LogP contribution in [-0.4, -0.2) is 37.2 Å². The van der Waals surface area contributed by atoms with Crippen LogP contribution in [-0.2, 0) is 15.6 Å². The fraction of sp³-hybridized carbons (Fsp3) is 0.278. The SMILES string of the molecule is O=S1(=O)C[C@@H]2N=C(SCc3ccccc3)N(c3ccc(F)cc3F)[C@@H]2C1. The van der Waals surface area contributed by atoms with E-state index in [1.165, 1.54) is 23.9 Å². The molecule has 0 aliphatic carbocycles. The number of aliphatic imine (C=N–C) groups is 1. The molecule has 2 aromatic carbocycles. The third-order valence-electron chi connectivity index (χ3n) is 4.49. The number of rotatable bonds is 3. The van der Waals surface area contributed by atoms with Gasteiger partial charge >= 0.3 is 0 Å². The van der Waals surface area contributed by atoms with E-state index in [2.05, 4.69) is 4.99 Å². The standard InChI is InChI=1S/C18H16F2N2O2S2/c19-13-6-7-16(14(20)8-13)22-17-11-26(23,24)10-15(17)21-18(22)25-9-12-4-2-1-3-5-12/h1-8,15,17H,9-11H2/t15-,17+/m0/s1. The lowest BCUT2D eigenvalue weighted by Crippen LogP contribution is -2.39. The highest BCUT2D eigenvalue weighted by Crippen LogP contribution is 2.37. The van der Waals surface area contributed by atoms with E-state index in [1.54, 1.807) is 4.90 Å². The van der Waals surface area contributed by atoms with Crippen LogP contribution in [0.2, 0.25) is 0 Å². The quantitative estimate of drug-likeness (QED) is 0.802. The van der Waals surface area contributed by atoms with E-state index in [4.69, 9.17) is 0 Å². The number of anilines is 1. The Balaban J connectivity index is 1.66. The fourth-order valence-electron chi connectivity index (χ4n) is 3.31. The minimum absolute atomic E-state index is 0.0353. The van der Waals surface area contributed by atoms with Crippen molar-refractivity contribution >= 4 is 32.5 Å². The Bertz CT molecular complexity index is 964. The summed E-state index contributed by atoms with van der Waals surface area (Å²) in [5, 5.41) is 0.573. The summed E-state index contributed by atoms with van der Waals surface area (Å²) in [5.74, 6) is -0.871. The van der Waals surface area contributed by atoms with Crippen LogP contribution >= 0.6 is 11.8 Å². The summed E-state index contributed by atoms with van der Waals surface area (Å²) in [7, 11) is -3.21. The molecule has 4 nitrogen and oxygen atoms in total. The second-order valence-electron chi connectivity index (χ2n) is 6.36. The lowest BCUT2D eigenvalue weighted by Gasteiger charge is -2.26. The summed E-state index contributed by atoms with van der Waals surface area (Å²) in [4.78, 5) is 6.17. The first kappa shape index (κ1) is 17.5. The molecular weight excluding hydrogens is 378 g/mol. The molecule has 2 aromatic rings. The van der Waals surface area contributed by atoms with Crippen LogP contribution in [0.25, 0.3) is 0 Å². The average molecular weight is 394 g/mol. The van der Waals surface area contributed by atoms with Crippen molar-refractivity contribution in [1.29, 1.82) is 0 Å². The van der Waals surface area contributed by atoms with Crippen molar-refractivity contribution in [3.8, 4) is 0 Å². The molecule has 26 heavy (non-hydrogen) atoms. The van der Waals surface area contributed by atoms with Gasteiger partial charge in [0.1, 0.15) is 11.6 Å². The normalized spacial score (nSPS) is 23.8. The second kappa shape index (κ2) is 6.66. The number of nitrogens with zero attached hydrogens (tertiary/aromatic N) is 2. The predicted molar refractivity (Wildman–Crippen MR) is 100 cm³/mol. The number of benzene rings is 2. The first-order valence-corrected chi connectivity index (χ1v) is 10.9. The van der Waals surface area contributed by atoms with Crippen LogP contribution in [0.15, 0.2) is 53.5 Å². The van der Waals surface area contributed by atoms with Gasteiger partial charge in [0.05, 0.1) is 29.3 Å². The molecule has 1 fully saturated rings. The van der Waals surface area contributed by atoms with Crippen molar-refractivity contribution in [3.05, 3.63) is 65.7 Å². The summed E-state index contributed by atoms with van der Waals surface area (Å²) < 4.78 is 51.7. The van der Waals surface area contributed by atoms with Gasteiger partial charge in [-0.15, -0.1) is 0 Å². The Morgan fingerprint density at radius 2 is 1.88 bits per heavy atom. The van der Waals surface area contributed by atoms with Crippen LogP contribution in [0.1, 0.15) is 5.56 Å². The van der Waals surface area contributed by atoms with Gasteiger partial charge in [0.2, 0.25) is 0 Å². The Morgan fingerprint density at radius 3 is 2.62 bits per heavy atom. The fourth-order valence-corrected chi connectivity index (χ4v) is 6.23. The van der Waals surface area contributed by atoms with Crippen LogP contribution in [0.4, 0.5) is 14.5 Å². The van der Waals surface area contributed by atoms with Crippen molar-refractivity contribution in [1.82, 2.24) is 0 Å². The monoisotopic (exact) mass is 394 g/mol. The number of hydrogen-bond acceptors (Lipinski definition) is 5. The molecule has 2 heterocycles. The van der Waals surface area contributed by atoms with Crippen molar-refractivity contribution in [2.24, 2.45) is 4.99 Å². The van der Waals surface area contributed by atoms with Crippen LogP contribution in [0.3, 0.4) is 0 Å². The average Bonchev–Trinajstić information content (AvgIpc) is 3.06. The summed E-state index contributed by atoms with van der Waals surface area (Å²) in [6, 6.07) is 12.2. The maximum atomic E-state index is 14.4. The van der Waals surface area contributed by atoms with Gasteiger partial charge in [-0.2, -0.15) is 0 Å². The molecule has 2 aliphatic rings. The van der Waals surface area contributed by atoms with Crippen LogP contribution in [0, 0.1) is 11.6 Å². The molecule has 4 rings (SSSR count). The minimum atomic E-state index is -3.21. The molecule has 0 bridgehead atoms. The number of halogens is 2. The first-order valence-electron chi connectivity index (χ1n) is 8.12. The van der Waals surface area contributed by atoms with Gasteiger partial charge < -0.3 is 4.90 Å². The maximum Gasteiger partial charge on any atom is 0.164 e. The van der Waals surface area contributed by atoms with Crippen molar-refractivity contribution < 1.29 is 17.2 Å². The Morgan fingerprint density at radius 1 is 1.12 bits per heavy atom. The highest BCUT2D eigenvalue weighted by Gasteiger charge is 2.47. The van der Waals surface area contributed by atoms with E-state index < -0.39 is 33.6 Å². The molecule has 0 amide bonds. The molecule has 0 N–H and O–H groups in total. The van der Waals surface area contributed by atoms with Gasteiger partial charge in [0.15, 0.2) is 15.0 Å². The third kappa shape index (κ3) is 3.35. The minimum Gasteiger partial charge on any atom is -0.312 e. The van der Waals surface area contributed by atoms with E-state index in [0.717, 1.165) is 11.6 Å². The highest BCUT2D eigenvalue weighted by atomic mass is 32.2. The molecule has 1 saturated heterocycles. The molecule has 0 radical (unpaired) electrons. The molecule has 0 spiro atoms. The number of sulfone groups is 1. The second-order valence-corrected chi connectivity index (χ2v) is 9.46. The number of hydrogen-bond donors (Lipinski definition) is 0. The van der Waals surface area contributed by atoms with Gasteiger partial charge in [-0.25, -0.2) is 17.2 Å². The van der Waals surface area contributed by atoms with E-state index in [0.29, 0.717) is 10.9 Å². The van der Waals surface area contributed by atoms with Gasteiger partial charge in [0, 0.05) is 11.8 Å². The van der Waals surface area contributed by atoms with Crippen LogP contribution in [0.5, 0.6) is 0 Å². The zero-order valence-electron chi connectivity index (χ0n) is 13.7. The van der Waals surface area contributed by atoms with E-state index >= 15 is 0 Å². The number of amidine groups is 1. The van der Waals surface area contributed by atoms with Crippen molar-refractivity contribution in [2.45, 2.75) is 17.8 Å². The molecule has 0 saturated carbocycles. The number of thioether (sulfide) groups is 1. The number of fused-ring (bicyclic) bond motifs is 1. The summed E-state index contributed by atoms with van der Waals surface area (Å²) in [6.07, 6.45) is 0. The summed E-state index contributed by atoms with van der Waals surface area (Å²) in [5.41, 5.74) is 1.25. The predicted octanol–water partition coefficient (Wildman–Crippen LogP) is 3.24. The molecule has 2 aliphatic heterocycles. The van der Waals surface area contributed by atoms with Crippen molar-refractivity contribution in [2.75, 3.05) is 16.4 Å². The molecule has 0 aromatic heterocycles. The summed E-state index contributed by atoms with van der Waals surface area (Å²) in [6.45, 7) is 0. The van der Waals surface area contributed by atoms with Gasteiger partial charge in [-0.3, -0.25) is 4.99 Å². The maximum absolute atomic E-state index is 14.4. The molecule has 2 atom stereocenters. The van der Waals surface area contributed by atoms with Crippen LogP contribution < -0.4 is 4.90 Å². The highest BCUT2D eigenvalue weighted by molar-refractivity contribution is 8.13. The zero-order valence-corrected chi connectivity index (χ0v) is 15.3. The largest absolute Gasteiger partial charge is 0.312 e. The Hall–Kier alpha value is -1.93. The van der Waals surface area contributed by atoms with E-state index in [9.17, 15) is 17.2 Å². The molecule has 0 unspecified atom stereocenters. The molecular formula is C18H16F2N2O2S2. The van der Waals surface area contributed by atoms with E-state index in [1.807, 2.05) is 30.3 Å². The molecule has 136 valence electrons. The molecule has 8 heteroatoms. The smallest absolute Gasteiger partial charge is 0.164 e. The Labute approximate surface area is 154 Å². The van der Waals surface area contributed by atoms with Gasteiger partial charge in [-0.1, -0.05) is 42.1 Å². The summed E-state index contributed by atoms with van der Waals surface area (Å²) >= 11 is 1.43.